The van der Waals surface area contributed by atoms with Crippen LogP contribution in [0.2, 0.25) is 0 Å². The average molecular weight is 476 g/mol. The number of nitrogens with zero attached hydrogens (tertiary/aromatic N) is 1. The molecule has 4 rings (SSSR count). The van der Waals surface area contributed by atoms with Crippen molar-refractivity contribution >= 4 is 17.5 Å². The lowest BCUT2D eigenvalue weighted by atomic mass is 9.66. The van der Waals surface area contributed by atoms with Gasteiger partial charge in [0, 0.05) is 23.7 Å². The van der Waals surface area contributed by atoms with Gasteiger partial charge in [-0.1, -0.05) is 43.3 Å². The van der Waals surface area contributed by atoms with Crippen molar-refractivity contribution in [1.82, 2.24) is 0 Å². The molecule has 0 amide bonds. The maximum atomic E-state index is 13.7. The van der Waals surface area contributed by atoms with Crippen LogP contribution in [0.3, 0.4) is 0 Å². The van der Waals surface area contributed by atoms with E-state index in [-0.39, 0.29) is 18.3 Å². The number of ether oxygens (including phenoxy) is 3. The molecule has 0 N–H and O–H groups in total. The lowest BCUT2D eigenvalue weighted by molar-refractivity contribution is -0.139. The van der Waals surface area contributed by atoms with E-state index in [4.69, 9.17) is 19.2 Å². The number of allylic oxidation sites excluding steroid dienone is 1. The second-order valence-corrected chi connectivity index (χ2v) is 9.02. The van der Waals surface area contributed by atoms with Crippen LogP contribution in [-0.4, -0.2) is 37.8 Å². The van der Waals surface area contributed by atoms with E-state index in [0.717, 1.165) is 23.3 Å². The van der Waals surface area contributed by atoms with Crippen molar-refractivity contribution in [3.05, 3.63) is 70.9 Å². The third-order valence-electron chi connectivity index (χ3n) is 6.73. The molecule has 1 aliphatic heterocycles. The molecule has 2 aromatic rings. The second-order valence-electron chi connectivity index (χ2n) is 9.02. The van der Waals surface area contributed by atoms with E-state index in [0.29, 0.717) is 42.2 Å². The highest BCUT2D eigenvalue weighted by Gasteiger charge is 2.46. The molecule has 184 valence electrons. The standard InChI is InChI=1S/C29H33NO5/c1-5-14-35-24-13-12-20(17-25(24)33-4)27-26(29(32)34-6-2)18(3)30-22-15-21(16-23(31)28(22)27)19-10-8-7-9-11-19/h7-13,17,21,27-28H,5-6,14-16H2,1-4H3/t21-,27-,28?/m0/s1. The first kappa shape index (κ1) is 24.7. The first-order valence-electron chi connectivity index (χ1n) is 12.3. The van der Waals surface area contributed by atoms with Gasteiger partial charge < -0.3 is 14.2 Å². The normalized spacial score (nSPS) is 21.8. The van der Waals surface area contributed by atoms with E-state index in [9.17, 15) is 9.59 Å². The topological polar surface area (TPSA) is 74.2 Å². The monoisotopic (exact) mass is 475 g/mol. The quantitative estimate of drug-likeness (QED) is 0.463. The van der Waals surface area contributed by atoms with Gasteiger partial charge in [-0.2, -0.15) is 0 Å². The molecule has 2 aromatic carbocycles. The Labute approximate surface area is 207 Å². The largest absolute Gasteiger partial charge is 0.493 e. The van der Waals surface area contributed by atoms with Gasteiger partial charge in [-0.15, -0.1) is 0 Å². The maximum Gasteiger partial charge on any atom is 0.336 e. The van der Waals surface area contributed by atoms with Crippen molar-refractivity contribution in [2.24, 2.45) is 10.9 Å². The fourth-order valence-electron chi connectivity index (χ4n) is 5.18. The molecule has 1 fully saturated rings. The molecule has 1 saturated carbocycles. The Bertz CT molecular complexity index is 1150. The summed E-state index contributed by atoms with van der Waals surface area (Å²) in [5, 5.41) is 0. The first-order chi connectivity index (χ1) is 17.0. The Morgan fingerprint density at radius 2 is 1.77 bits per heavy atom. The minimum atomic E-state index is -0.509. The number of carbonyl (C=O) groups excluding carboxylic acids is 2. The summed E-state index contributed by atoms with van der Waals surface area (Å²) in [6, 6.07) is 15.7. The highest BCUT2D eigenvalue weighted by Crippen LogP contribution is 2.47. The molecule has 1 heterocycles. The van der Waals surface area contributed by atoms with Crippen molar-refractivity contribution < 1.29 is 23.8 Å². The van der Waals surface area contributed by atoms with Gasteiger partial charge in [-0.25, -0.2) is 4.79 Å². The Morgan fingerprint density at radius 1 is 1.00 bits per heavy atom. The van der Waals surface area contributed by atoms with Crippen LogP contribution in [0.1, 0.15) is 63.0 Å². The van der Waals surface area contributed by atoms with E-state index in [1.165, 1.54) is 0 Å². The summed E-state index contributed by atoms with van der Waals surface area (Å²) in [5.41, 5.74) is 3.83. The summed E-state index contributed by atoms with van der Waals surface area (Å²) in [7, 11) is 1.59. The van der Waals surface area contributed by atoms with Gasteiger partial charge in [0.15, 0.2) is 11.5 Å². The molecule has 35 heavy (non-hydrogen) atoms. The zero-order valence-corrected chi connectivity index (χ0v) is 20.9. The van der Waals surface area contributed by atoms with Crippen LogP contribution in [0.5, 0.6) is 11.5 Å². The van der Waals surface area contributed by atoms with Gasteiger partial charge in [0.05, 0.1) is 31.8 Å². The molecule has 0 bridgehead atoms. The summed E-state index contributed by atoms with van der Waals surface area (Å²) in [6.45, 7) is 6.47. The number of methoxy groups -OCH3 is 1. The van der Waals surface area contributed by atoms with Crippen LogP contribution < -0.4 is 9.47 Å². The molecule has 6 heteroatoms. The van der Waals surface area contributed by atoms with E-state index >= 15 is 0 Å². The summed E-state index contributed by atoms with van der Waals surface area (Å²) >= 11 is 0. The number of aliphatic imine (C=N–C) groups is 1. The molecule has 0 aromatic heterocycles. The van der Waals surface area contributed by atoms with Crippen LogP contribution in [0.4, 0.5) is 0 Å². The third kappa shape index (κ3) is 5.02. The van der Waals surface area contributed by atoms with Gasteiger partial charge in [-0.3, -0.25) is 9.79 Å². The van der Waals surface area contributed by atoms with Crippen molar-refractivity contribution in [3.63, 3.8) is 0 Å². The maximum absolute atomic E-state index is 13.7. The van der Waals surface area contributed by atoms with Gasteiger partial charge in [0.1, 0.15) is 5.78 Å². The van der Waals surface area contributed by atoms with Gasteiger partial charge in [0.25, 0.3) is 0 Å². The fourth-order valence-corrected chi connectivity index (χ4v) is 5.18. The van der Waals surface area contributed by atoms with Crippen molar-refractivity contribution in [3.8, 4) is 11.5 Å². The molecular weight excluding hydrogens is 442 g/mol. The fraction of sp³-hybridized carbons (Fsp3) is 0.414. The number of hydrogen-bond acceptors (Lipinski definition) is 6. The predicted octanol–water partition coefficient (Wildman–Crippen LogP) is 5.62. The number of benzene rings is 2. The van der Waals surface area contributed by atoms with Crippen molar-refractivity contribution in [1.29, 1.82) is 0 Å². The Balaban J connectivity index is 1.78. The summed E-state index contributed by atoms with van der Waals surface area (Å²) < 4.78 is 16.8. The van der Waals surface area contributed by atoms with Crippen LogP contribution in [0.15, 0.2) is 64.8 Å². The van der Waals surface area contributed by atoms with E-state index in [2.05, 4.69) is 12.1 Å². The molecular formula is C29H33NO5. The van der Waals surface area contributed by atoms with Gasteiger partial charge in [0.2, 0.25) is 0 Å². The van der Waals surface area contributed by atoms with E-state index in [1.54, 1.807) is 14.0 Å². The second kappa shape index (κ2) is 10.9. The number of rotatable bonds is 8. The van der Waals surface area contributed by atoms with E-state index < -0.39 is 17.8 Å². The average Bonchev–Trinajstić information content (AvgIpc) is 2.87. The van der Waals surface area contributed by atoms with E-state index in [1.807, 2.05) is 50.2 Å². The molecule has 6 nitrogen and oxygen atoms in total. The molecule has 0 spiro atoms. The molecule has 2 aliphatic rings. The zero-order valence-electron chi connectivity index (χ0n) is 20.9. The predicted molar refractivity (Wildman–Crippen MR) is 135 cm³/mol. The van der Waals surface area contributed by atoms with Crippen LogP contribution in [0.25, 0.3) is 0 Å². The summed E-state index contributed by atoms with van der Waals surface area (Å²) in [5.74, 6) is -0.0400. The highest BCUT2D eigenvalue weighted by atomic mass is 16.5. The molecule has 3 atom stereocenters. The number of ketones is 1. The number of esters is 1. The summed E-state index contributed by atoms with van der Waals surface area (Å²) in [6.07, 6.45) is 1.97. The number of fused-ring (bicyclic) bond motifs is 1. The van der Waals surface area contributed by atoms with Crippen molar-refractivity contribution in [2.75, 3.05) is 20.3 Å². The SMILES string of the molecule is CCCOc1ccc([C@H]2C(C(=O)OCC)=C(C)N=C3C[C@H](c4ccccc4)CC(=O)C32)cc1OC. The van der Waals surface area contributed by atoms with Crippen LogP contribution in [-0.2, 0) is 14.3 Å². The first-order valence-corrected chi connectivity index (χ1v) is 12.3. The highest BCUT2D eigenvalue weighted by molar-refractivity contribution is 6.12. The van der Waals surface area contributed by atoms with Gasteiger partial charge >= 0.3 is 5.97 Å². The molecule has 1 unspecified atom stereocenters. The molecule has 1 aliphatic carbocycles. The molecule has 0 saturated heterocycles. The zero-order chi connectivity index (χ0) is 24.9. The van der Waals surface area contributed by atoms with Gasteiger partial charge in [-0.05, 0) is 55.9 Å². The Kier molecular flexibility index (Phi) is 7.69. The Morgan fingerprint density at radius 3 is 2.46 bits per heavy atom. The smallest absolute Gasteiger partial charge is 0.336 e. The van der Waals surface area contributed by atoms with Crippen LogP contribution in [0, 0.1) is 5.92 Å². The van der Waals surface area contributed by atoms with Crippen molar-refractivity contribution in [2.45, 2.75) is 51.9 Å². The number of hydrogen-bond donors (Lipinski definition) is 0. The Hall–Kier alpha value is -3.41. The minimum absolute atomic E-state index is 0.0793. The number of carbonyl (C=O) groups is 2. The lowest BCUT2D eigenvalue weighted by Gasteiger charge is -2.38. The summed E-state index contributed by atoms with van der Waals surface area (Å²) in [4.78, 5) is 31.6. The number of Topliss-reactive ketones (excluding diaryl/α,β-unsaturated/α-hetero) is 1. The molecule has 0 radical (unpaired) electrons. The third-order valence-corrected chi connectivity index (χ3v) is 6.73. The van der Waals surface area contributed by atoms with Crippen LogP contribution >= 0.6 is 0 Å². The minimum Gasteiger partial charge on any atom is -0.493 e. The lowest BCUT2D eigenvalue weighted by Crippen LogP contribution is -2.41.